The number of aliphatic hydroxyl groups is 1. The van der Waals surface area contributed by atoms with Crippen LogP contribution in [0.5, 0.6) is 0 Å². The molecule has 148 valence electrons. The lowest BCUT2D eigenvalue weighted by atomic mass is 10.1. The molecule has 1 atom stereocenters. The Labute approximate surface area is 152 Å². The zero-order chi connectivity index (χ0) is 19.3. The van der Waals surface area contributed by atoms with Gasteiger partial charge in [0.15, 0.2) is 0 Å². The van der Waals surface area contributed by atoms with Crippen LogP contribution in [0.3, 0.4) is 0 Å². The monoisotopic (exact) mass is 360 g/mol. The largest absolute Gasteiger partial charge is 0.631 e. The van der Waals surface area contributed by atoms with Gasteiger partial charge in [-0.3, -0.25) is 4.79 Å². The Morgan fingerprint density at radius 1 is 0.920 bits per heavy atom. The molecule has 0 aromatic rings. The molecule has 1 unspecified atom stereocenters. The molecular formula is C18H37BO6. The van der Waals surface area contributed by atoms with Gasteiger partial charge in [0.1, 0.15) is 0 Å². The fourth-order valence-corrected chi connectivity index (χ4v) is 2.36. The Morgan fingerprint density at radius 2 is 1.48 bits per heavy atom. The molecule has 0 aromatic carbocycles. The maximum atomic E-state index is 10.3. The van der Waals surface area contributed by atoms with Crippen molar-refractivity contribution in [1.82, 2.24) is 0 Å². The summed E-state index contributed by atoms with van der Waals surface area (Å²) in [5.74, 6) is -0.689. The number of carboxylic acids is 1. The lowest BCUT2D eigenvalue weighted by molar-refractivity contribution is -0.137. The number of carbonyl (C=O) groups is 1. The highest BCUT2D eigenvalue weighted by molar-refractivity contribution is 6.30. The van der Waals surface area contributed by atoms with Crippen LogP contribution in [-0.4, -0.2) is 44.7 Å². The van der Waals surface area contributed by atoms with Gasteiger partial charge in [-0.2, -0.15) is 0 Å². The number of aliphatic carboxylic acids is 1. The van der Waals surface area contributed by atoms with E-state index in [-0.39, 0.29) is 6.10 Å². The molecule has 0 rings (SSSR count). The lowest BCUT2D eigenvalue weighted by Gasteiger charge is -2.07. The molecule has 5 N–H and O–H groups in total. The first-order valence-corrected chi connectivity index (χ1v) is 9.49. The molecule has 25 heavy (non-hydrogen) atoms. The van der Waals surface area contributed by atoms with E-state index in [0.717, 1.165) is 51.4 Å². The molecule has 6 nitrogen and oxygen atoms in total. The summed E-state index contributed by atoms with van der Waals surface area (Å²) < 4.78 is 0. The molecule has 0 saturated heterocycles. The number of aliphatic hydroxyl groups excluding tert-OH is 1. The Bertz CT molecular complexity index is 307. The third-order valence-corrected chi connectivity index (χ3v) is 3.73. The van der Waals surface area contributed by atoms with Crippen molar-refractivity contribution in [2.24, 2.45) is 0 Å². The van der Waals surface area contributed by atoms with Gasteiger partial charge in [-0.05, 0) is 32.1 Å². The van der Waals surface area contributed by atoms with Gasteiger partial charge in [0.05, 0.1) is 6.10 Å². The number of carboxylic acid groups (broad SMARTS) is 1. The van der Waals surface area contributed by atoms with E-state index in [1.54, 1.807) is 0 Å². The van der Waals surface area contributed by atoms with Crippen molar-refractivity contribution < 1.29 is 30.1 Å². The minimum Gasteiger partial charge on any atom is -0.481 e. The van der Waals surface area contributed by atoms with E-state index in [4.69, 9.17) is 20.2 Å². The first-order chi connectivity index (χ1) is 11.9. The molecule has 0 aliphatic rings. The van der Waals surface area contributed by atoms with E-state index in [1.807, 2.05) is 0 Å². The quantitative estimate of drug-likeness (QED) is 0.174. The van der Waals surface area contributed by atoms with Gasteiger partial charge in [0.25, 0.3) is 0 Å². The predicted molar refractivity (Wildman–Crippen MR) is 101 cm³/mol. The maximum absolute atomic E-state index is 10.3. The van der Waals surface area contributed by atoms with Crippen LogP contribution in [0.15, 0.2) is 12.2 Å². The average Bonchev–Trinajstić information content (AvgIpc) is 2.52. The zero-order valence-corrected chi connectivity index (χ0v) is 15.6. The van der Waals surface area contributed by atoms with Crippen molar-refractivity contribution >= 4 is 13.3 Å². The second kappa shape index (κ2) is 21.2. The van der Waals surface area contributed by atoms with E-state index in [1.165, 1.54) is 25.7 Å². The van der Waals surface area contributed by atoms with Crippen LogP contribution in [0.1, 0.15) is 90.4 Å². The van der Waals surface area contributed by atoms with Gasteiger partial charge >= 0.3 is 13.3 Å². The normalized spacial score (nSPS) is 11.9. The third-order valence-electron chi connectivity index (χ3n) is 3.73. The van der Waals surface area contributed by atoms with Crippen LogP contribution in [0.4, 0.5) is 0 Å². The van der Waals surface area contributed by atoms with Gasteiger partial charge in [0.2, 0.25) is 0 Å². The molecule has 0 radical (unpaired) electrons. The SMILES string of the molecule is CCCCCCC(O)C/C=C\CCCCCCCC(=O)O.OB(O)O. The fraction of sp³-hybridized carbons (Fsp3) is 0.833. The van der Waals surface area contributed by atoms with Crippen molar-refractivity contribution in [2.75, 3.05) is 0 Å². The van der Waals surface area contributed by atoms with Gasteiger partial charge in [-0.15, -0.1) is 0 Å². The molecular weight excluding hydrogens is 323 g/mol. The molecule has 0 aromatic heterocycles. The summed E-state index contributed by atoms with van der Waals surface area (Å²) in [7, 11) is -2.17. The second-order valence-corrected chi connectivity index (χ2v) is 6.26. The third kappa shape index (κ3) is 31.4. The smallest absolute Gasteiger partial charge is 0.481 e. The lowest BCUT2D eigenvalue weighted by Crippen LogP contribution is -2.07. The molecule has 0 heterocycles. The minimum absolute atomic E-state index is 0.172. The van der Waals surface area contributed by atoms with E-state index in [2.05, 4.69) is 19.1 Å². The summed E-state index contributed by atoms with van der Waals surface area (Å²) in [6, 6.07) is 0. The minimum atomic E-state index is -2.17. The van der Waals surface area contributed by atoms with Crippen LogP contribution >= 0.6 is 0 Å². The molecule has 7 heteroatoms. The standard InChI is InChI=1S/C18H34O3.BH3O3/c1-2-3-4-11-14-17(19)15-12-9-7-5-6-8-10-13-16-18(20)21;2-1(3)4/h9,12,17,19H,2-8,10-11,13-16H2,1H3,(H,20,21);2-4H/b12-9-;. The Kier molecular flexibility index (Phi) is 22.3. The molecule has 0 bridgehead atoms. The predicted octanol–water partition coefficient (Wildman–Crippen LogP) is 3.03. The van der Waals surface area contributed by atoms with E-state index >= 15 is 0 Å². The topological polar surface area (TPSA) is 118 Å². The molecule has 0 aliphatic carbocycles. The van der Waals surface area contributed by atoms with Gasteiger partial charge in [-0.1, -0.05) is 64.0 Å². The Balaban J connectivity index is 0. The highest BCUT2D eigenvalue weighted by Gasteiger charge is 2.00. The molecule has 0 aliphatic heterocycles. The summed E-state index contributed by atoms with van der Waals surface area (Å²) in [6.07, 6.45) is 17.4. The maximum Gasteiger partial charge on any atom is 0.631 e. The molecule has 0 spiro atoms. The summed E-state index contributed by atoms with van der Waals surface area (Å²) in [5, 5.41) is 39.8. The number of hydrogen-bond acceptors (Lipinski definition) is 5. The first kappa shape index (κ1) is 26.3. The van der Waals surface area contributed by atoms with Gasteiger partial charge in [-0.25, -0.2) is 0 Å². The van der Waals surface area contributed by atoms with Crippen molar-refractivity contribution in [2.45, 2.75) is 96.5 Å². The van der Waals surface area contributed by atoms with E-state index in [0.29, 0.717) is 6.42 Å². The van der Waals surface area contributed by atoms with E-state index < -0.39 is 13.3 Å². The van der Waals surface area contributed by atoms with Crippen molar-refractivity contribution in [3.05, 3.63) is 12.2 Å². The molecule has 0 fully saturated rings. The number of unbranched alkanes of at least 4 members (excludes halogenated alkanes) is 8. The summed E-state index contributed by atoms with van der Waals surface area (Å²) in [4.78, 5) is 10.3. The highest BCUT2D eigenvalue weighted by atomic mass is 16.5. The van der Waals surface area contributed by atoms with Gasteiger partial charge in [0, 0.05) is 6.42 Å². The summed E-state index contributed by atoms with van der Waals surface area (Å²) in [6.45, 7) is 2.20. The molecule has 0 amide bonds. The van der Waals surface area contributed by atoms with Crippen LogP contribution in [0.2, 0.25) is 0 Å². The van der Waals surface area contributed by atoms with Crippen molar-refractivity contribution in [3.63, 3.8) is 0 Å². The fourth-order valence-electron chi connectivity index (χ4n) is 2.36. The number of hydrogen-bond donors (Lipinski definition) is 5. The number of allylic oxidation sites excluding steroid dienone is 1. The van der Waals surface area contributed by atoms with Crippen molar-refractivity contribution in [1.29, 1.82) is 0 Å². The average molecular weight is 360 g/mol. The van der Waals surface area contributed by atoms with Crippen LogP contribution in [0.25, 0.3) is 0 Å². The first-order valence-electron chi connectivity index (χ1n) is 9.49. The highest BCUT2D eigenvalue weighted by Crippen LogP contribution is 2.10. The second-order valence-electron chi connectivity index (χ2n) is 6.26. The summed E-state index contributed by atoms with van der Waals surface area (Å²) >= 11 is 0. The van der Waals surface area contributed by atoms with Crippen LogP contribution in [0, 0.1) is 0 Å². The molecule has 0 saturated carbocycles. The summed E-state index contributed by atoms with van der Waals surface area (Å²) in [5.41, 5.74) is 0. The van der Waals surface area contributed by atoms with Gasteiger partial charge < -0.3 is 25.3 Å². The van der Waals surface area contributed by atoms with Crippen LogP contribution in [-0.2, 0) is 4.79 Å². The van der Waals surface area contributed by atoms with E-state index in [9.17, 15) is 9.90 Å². The Hall–Kier alpha value is -0.885. The Morgan fingerprint density at radius 3 is 2.08 bits per heavy atom. The zero-order valence-electron chi connectivity index (χ0n) is 15.6. The van der Waals surface area contributed by atoms with Crippen LogP contribution < -0.4 is 0 Å². The number of rotatable bonds is 15. The van der Waals surface area contributed by atoms with Crippen molar-refractivity contribution in [3.8, 4) is 0 Å².